The molecule has 0 bridgehead atoms. The van der Waals surface area contributed by atoms with Gasteiger partial charge in [0.15, 0.2) is 0 Å². The third-order valence-corrected chi connectivity index (χ3v) is 4.73. The Kier molecular flexibility index (Phi) is 5.79. The van der Waals surface area contributed by atoms with Gasteiger partial charge in [-0.2, -0.15) is 0 Å². The van der Waals surface area contributed by atoms with E-state index in [1.54, 1.807) is 7.05 Å². The van der Waals surface area contributed by atoms with Gasteiger partial charge >= 0.3 is 12.0 Å². The van der Waals surface area contributed by atoms with Gasteiger partial charge in [0.05, 0.1) is 7.11 Å². The number of likely N-dealkylation sites (N-methyl/N-ethyl adjacent to an activating group) is 1. The maximum absolute atomic E-state index is 12.3. The lowest BCUT2D eigenvalue weighted by Gasteiger charge is -2.28. The van der Waals surface area contributed by atoms with Crippen LogP contribution in [-0.2, 0) is 20.9 Å². The number of amides is 3. The number of methoxy groups -OCH3 is 1. The number of carbonyl (C=O) groups excluding carboxylic acids is 3. The van der Waals surface area contributed by atoms with Crippen LogP contribution in [0.15, 0.2) is 30.3 Å². The maximum atomic E-state index is 12.3. The van der Waals surface area contributed by atoms with Crippen molar-refractivity contribution >= 4 is 17.9 Å². The number of carbonyl (C=O) groups is 3. The second-order valence-electron chi connectivity index (χ2n) is 5.98. The van der Waals surface area contributed by atoms with E-state index in [-0.39, 0.29) is 12.3 Å². The number of urea groups is 1. The SMILES string of the molecule is CC.COC(=O)C1CC2(CN1Cc1ccccc1)C(=O)NC(=O)N2C. The van der Waals surface area contributed by atoms with E-state index in [2.05, 4.69) is 5.32 Å². The van der Waals surface area contributed by atoms with Gasteiger partial charge in [0.2, 0.25) is 0 Å². The van der Waals surface area contributed by atoms with Gasteiger partial charge in [0, 0.05) is 26.6 Å². The van der Waals surface area contributed by atoms with Gasteiger partial charge in [-0.25, -0.2) is 4.79 Å². The molecule has 3 amide bonds. The number of hydrogen-bond acceptors (Lipinski definition) is 5. The maximum Gasteiger partial charge on any atom is 0.324 e. The van der Waals surface area contributed by atoms with Gasteiger partial charge in [-0.05, 0) is 5.56 Å². The van der Waals surface area contributed by atoms with Gasteiger partial charge in [-0.15, -0.1) is 0 Å². The number of ether oxygens (including phenoxy) is 1. The van der Waals surface area contributed by atoms with E-state index in [1.807, 2.05) is 49.1 Å². The lowest BCUT2D eigenvalue weighted by molar-refractivity contribution is -0.146. The fourth-order valence-corrected chi connectivity index (χ4v) is 3.36. The third-order valence-electron chi connectivity index (χ3n) is 4.73. The summed E-state index contributed by atoms with van der Waals surface area (Å²) in [7, 11) is 2.91. The molecule has 2 atom stereocenters. The summed E-state index contributed by atoms with van der Waals surface area (Å²) in [6.07, 6.45) is 0.237. The van der Waals surface area contributed by atoms with Crippen molar-refractivity contribution in [2.75, 3.05) is 20.7 Å². The Morgan fingerprint density at radius 1 is 1.28 bits per heavy atom. The summed E-state index contributed by atoms with van der Waals surface area (Å²) in [6.45, 7) is 4.81. The molecule has 25 heavy (non-hydrogen) atoms. The molecule has 1 aromatic carbocycles. The molecular formula is C18H25N3O4. The van der Waals surface area contributed by atoms with Crippen LogP contribution in [0, 0.1) is 0 Å². The fraction of sp³-hybridized carbons (Fsp3) is 0.500. The minimum atomic E-state index is -1.01. The van der Waals surface area contributed by atoms with Crippen LogP contribution < -0.4 is 5.32 Å². The molecule has 7 heteroatoms. The summed E-state index contributed by atoms with van der Waals surface area (Å²) in [6, 6.07) is 8.70. The molecule has 2 aliphatic rings. The summed E-state index contributed by atoms with van der Waals surface area (Å²) < 4.78 is 4.89. The molecule has 2 aliphatic heterocycles. The number of hydrogen-bond donors (Lipinski definition) is 1. The second-order valence-corrected chi connectivity index (χ2v) is 5.98. The quantitative estimate of drug-likeness (QED) is 0.660. The molecule has 2 unspecified atom stereocenters. The van der Waals surface area contributed by atoms with E-state index in [9.17, 15) is 14.4 Å². The molecule has 2 heterocycles. The van der Waals surface area contributed by atoms with Crippen molar-refractivity contribution in [3.8, 4) is 0 Å². The first-order chi connectivity index (χ1) is 12.0. The predicted molar refractivity (Wildman–Crippen MR) is 92.7 cm³/mol. The Labute approximate surface area is 147 Å². The van der Waals surface area contributed by atoms with E-state index >= 15 is 0 Å². The monoisotopic (exact) mass is 347 g/mol. The van der Waals surface area contributed by atoms with E-state index in [4.69, 9.17) is 4.74 Å². The summed E-state index contributed by atoms with van der Waals surface area (Å²) in [4.78, 5) is 39.6. The first kappa shape index (κ1) is 18.9. The summed E-state index contributed by atoms with van der Waals surface area (Å²) in [5.74, 6) is -0.743. The molecule has 3 rings (SSSR count). The van der Waals surface area contributed by atoms with Gasteiger partial charge in [0.1, 0.15) is 11.6 Å². The third kappa shape index (κ3) is 3.37. The molecule has 0 radical (unpaired) electrons. The van der Waals surface area contributed by atoms with Crippen LogP contribution in [0.3, 0.4) is 0 Å². The van der Waals surface area contributed by atoms with Crippen molar-refractivity contribution < 1.29 is 19.1 Å². The zero-order valence-electron chi connectivity index (χ0n) is 15.1. The number of nitrogens with zero attached hydrogens (tertiary/aromatic N) is 2. The summed E-state index contributed by atoms with van der Waals surface area (Å²) in [5, 5.41) is 2.33. The number of likely N-dealkylation sites (tertiary alicyclic amines) is 1. The topological polar surface area (TPSA) is 79.0 Å². The Hall–Kier alpha value is -2.41. The van der Waals surface area contributed by atoms with E-state index in [0.717, 1.165) is 5.56 Å². The zero-order valence-corrected chi connectivity index (χ0v) is 15.1. The van der Waals surface area contributed by atoms with Crippen LogP contribution in [0.5, 0.6) is 0 Å². The highest BCUT2D eigenvalue weighted by Gasteiger charge is 2.59. The van der Waals surface area contributed by atoms with E-state index in [0.29, 0.717) is 13.1 Å². The van der Waals surface area contributed by atoms with Gasteiger partial charge < -0.3 is 9.64 Å². The predicted octanol–water partition coefficient (Wildman–Crippen LogP) is 1.38. The van der Waals surface area contributed by atoms with Crippen LogP contribution in [-0.4, -0.2) is 60.0 Å². The minimum absolute atomic E-state index is 0.237. The fourth-order valence-electron chi connectivity index (χ4n) is 3.36. The van der Waals surface area contributed by atoms with Crippen LogP contribution in [0.4, 0.5) is 4.79 Å². The normalized spacial score (nSPS) is 25.6. The Morgan fingerprint density at radius 3 is 2.44 bits per heavy atom. The number of imide groups is 1. The highest BCUT2D eigenvalue weighted by atomic mass is 16.5. The highest BCUT2D eigenvalue weighted by molar-refractivity contribution is 6.07. The Bertz CT molecular complexity index is 649. The van der Waals surface area contributed by atoms with Crippen molar-refractivity contribution in [2.45, 2.75) is 38.4 Å². The van der Waals surface area contributed by atoms with Crippen molar-refractivity contribution in [3.05, 3.63) is 35.9 Å². The van der Waals surface area contributed by atoms with Crippen molar-refractivity contribution in [3.63, 3.8) is 0 Å². The standard InChI is InChI=1S/C16H19N3O4.C2H6/c1-18-15(22)17-14(21)16(18)8-12(13(20)23-2)19(10-16)9-11-6-4-3-5-7-11;1-2/h3-7,12H,8-10H2,1-2H3,(H,17,21,22);1-2H3. The Balaban J connectivity index is 0.00000109. The number of benzene rings is 1. The lowest BCUT2D eigenvalue weighted by atomic mass is 9.95. The molecular weight excluding hydrogens is 322 g/mol. The largest absolute Gasteiger partial charge is 0.468 e. The molecule has 1 aromatic rings. The van der Waals surface area contributed by atoms with Crippen molar-refractivity contribution in [1.82, 2.24) is 15.1 Å². The zero-order chi connectivity index (χ0) is 18.6. The molecule has 0 saturated carbocycles. The second kappa shape index (κ2) is 7.65. The minimum Gasteiger partial charge on any atom is -0.468 e. The smallest absolute Gasteiger partial charge is 0.324 e. The molecule has 1 spiro atoms. The van der Waals surface area contributed by atoms with Crippen LogP contribution in [0.1, 0.15) is 25.8 Å². The molecule has 1 N–H and O–H groups in total. The van der Waals surface area contributed by atoms with Crippen molar-refractivity contribution in [2.24, 2.45) is 0 Å². The first-order valence-electron chi connectivity index (χ1n) is 8.43. The molecule has 7 nitrogen and oxygen atoms in total. The highest BCUT2D eigenvalue weighted by Crippen LogP contribution is 2.36. The van der Waals surface area contributed by atoms with E-state index < -0.39 is 23.6 Å². The van der Waals surface area contributed by atoms with Crippen LogP contribution >= 0.6 is 0 Å². The lowest BCUT2D eigenvalue weighted by Crippen LogP contribution is -2.49. The number of esters is 1. The molecule has 2 fully saturated rings. The number of rotatable bonds is 3. The van der Waals surface area contributed by atoms with Crippen LogP contribution in [0.2, 0.25) is 0 Å². The summed E-state index contributed by atoms with van der Waals surface area (Å²) in [5.41, 5.74) is 0.0240. The molecule has 0 aliphatic carbocycles. The molecule has 2 saturated heterocycles. The molecule has 0 aromatic heterocycles. The van der Waals surface area contributed by atoms with Gasteiger partial charge in [-0.3, -0.25) is 19.8 Å². The van der Waals surface area contributed by atoms with Gasteiger partial charge in [0.25, 0.3) is 5.91 Å². The average Bonchev–Trinajstić information content (AvgIpc) is 3.11. The summed E-state index contributed by atoms with van der Waals surface area (Å²) >= 11 is 0. The van der Waals surface area contributed by atoms with Crippen LogP contribution in [0.25, 0.3) is 0 Å². The molecule has 136 valence electrons. The number of nitrogens with one attached hydrogen (secondary N) is 1. The van der Waals surface area contributed by atoms with E-state index in [1.165, 1.54) is 12.0 Å². The van der Waals surface area contributed by atoms with Crippen molar-refractivity contribution in [1.29, 1.82) is 0 Å². The van der Waals surface area contributed by atoms with Gasteiger partial charge in [-0.1, -0.05) is 44.2 Å². The Morgan fingerprint density at radius 2 is 1.92 bits per heavy atom. The first-order valence-corrected chi connectivity index (χ1v) is 8.43. The average molecular weight is 347 g/mol.